The number of ether oxygens (including phenoxy) is 2. The van der Waals surface area contributed by atoms with Crippen LogP contribution in [0.1, 0.15) is 79.1 Å². The average molecular weight is 591 g/mol. The Morgan fingerprint density at radius 2 is 1.63 bits per heavy atom. The van der Waals surface area contributed by atoms with Crippen molar-refractivity contribution in [2.45, 2.75) is 109 Å². The number of allylic oxidation sites excluding steroid dienone is 5. The van der Waals surface area contributed by atoms with Crippen LogP contribution in [0.4, 0.5) is 26.3 Å². The largest absolute Gasteiger partial charge is 0.462 e. The minimum Gasteiger partial charge on any atom is -0.462 e. The number of carbonyl (C=O) groups excluding carboxylic acids is 2. The van der Waals surface area contributed by atoms with Gasteiger partial charge in [-0.15, -0.1) is 0 Å². The van der Waals surface area contributed by atoms with E-state index < -0.39 is 48.0 Å². The molecule has 2 fully saturated rings. The van der Waals surface area contributed by atoms with Crippen LogP contribution in [0, 0.1) is 29.1 Å². The maximum absolute atomic E-state index is 13.0. The van der Waals surface area contributed by atoms with Gasteiger partial charge >= 0.3 is 29.9 Å². The average Bonchev–Trinajstić information content (AvgIpc) is 3.17. The van der Waals surface area contributed by atoms with Gasteiger partial charge in [-0.25, -0.2) is 0 Å². The third-order valence-corrected chi connectivity index (χ3v) is 8.34. The Morgan fingerprint density at radius 3 is 2.15 bits per heavy atom. The summed E-state index contributed by atoms with van der Waals surface area (Å²) in [6.45, 7) is 6.44. The summed E-state index contributed by atoms with van der Waals surface area (Å²) in [6.07, 6.45) is -2.33. The van der Waals surface area contributed by atoms with Crippen LogP contribution in [0.25, 0.3) is 0 Å². The summed E-state index contributed by atoms with van der Waals surface area (Å²) in [4.78, 5) is 23.0. The van der Waals surface area contributed by atoms with Crippen LogP contribution in [-0.4, -0.2) is 47.2 Å². The van der Waals surface area contributed by atoms with E-state index in [2.05, 4.69) is 6.92 Å². The summed E-state index contributed by atoms with van der Waals surface area (Å²) in [6, 6.07) is 0. The standard InChI is InChI=1S/C30H36F6O5/c1-18(7-5-14-28(39,29(31,32)33)30(34,35)36)25-11-12-26-22(8-6-13-27(25,26)4)10-9-21-15-23(40-19(2)37)17-24(16-21)41-20(3)38/h9-11,18,23-24,26,39H,6-8,12-13,15-17H2,1-4H3/b21-9?,22-10+/t18?,23-,24?,26?,27-/m1/s1. The third kappa shape index (κ3) is 7.37. The van der Waals surface area contributed by atoms with Crippen molar-refractivity contribution in [1.82, 2.24) is 0 Å². The normalized spacial score (nSPS) is 29.7. The number of carbonyl (C=O) groups is 2. The van der Waals surface area contributed by atoms with Crippen molar-refractivity contribution in [1.29, 1.82) is 0 Å². The quantitative estimate of drug-likeness (QED) is 0.163. The summed E-state index contributed by atoms with van der Waals surface area (Å²) >= 11 is 0. The molecule has 41 heavy (non-hydrogen) atoms. The fourth-order valence-electron chi connectivity index (χ4n) is 6.50. The first kappa shape index (κ1) is 32.8. The molecule has 0 aromatic rings. The van der Waals surface area contributed by atoms with Gasteiger partial charge in [0, 0.05) is 39.5 Å². The van der Waals surface area contributed by atoms with E-state index in [9.17, 15) is 41.0 Å². The second kappa shape index (κ2) is 12.2. The molecule has 0 aliphatic heterocycles. The van der Waals surface area contributed by atoms with Crippen LogP contribution in [0.15, 0.2) is 34.9 Å². The predicted molar refractivity (Wildman–Crippen MR) is 138 cm³/mol. The number of fused-ring (bicyclic) bond motifs is 1. The monoisotopic (exact) mass is 590 g/mol. The number of hydrogen-bond acceptors (Lipinski definition) is 5. The zero-order valence-electron chi connectivity index (χ0n) is 23.5. The molecule has 0 heterocycles. The fourth-order valence-corrected chi connectivity index (χ4v) is 6.50. The van der Waals surface area contributed by atoms with Gasteiger partial charge in [-0.2, -0.15) is 26.3 Å². The van der Waals surface area contributed by atoms with E-state index in [4.69, 9.17) is 9.47 Å². The molecule has 5 atom stereocenters. The summed E-state index contributed by atoms with van der Waals surface area (Å²) in [5, 5.41) is 9.32. The van der Waals surface area contributed by atoms with E-state index in [1.54, 1.807) is 6.92 Å². The van der Waals surface area contributed by atoms with Crippen LogP contribution >= 0.6 is 0 Å². The van der Waals surface area contributed by atoms with E-state index in [0.717, 1.165) is 36.3 Å². The Hall–Kier alpha value is -2.74. The first-order valence-corrected chi connectivity index (χ1v) is 13.7. The molecule has 0 amide bonds. The molecule has 0 radical (unpaired) electrons. The summed E-state index contributed by atoms with van der Waals surface area (Å²) < 4.78 is 88.6. The molecule has 5 nitrogen and oxygen atoms in total. The number of rotatable bonds is 5. The Balaban J connectivity index is 1.77. The minimum atomic E-state index is -5.97. The van der Waals surface area contributed by atoms with Crippen LogP contribution < -0.4 is 0 Å². The fraction of sp³-hybridized carbons (Fsp3) is 0.667. The van der Waals surface area contributed by atoms with Gasteiger partial charge in [0.15, 0.2) is 0 Å². The van der Waals surface area contributed by atoms with Gasteiger partial charge in [0.1, 0.15) is 12.2 Å². The summed E-state index contributed by atoms with van der Waals surface area (Å²) in [5.74, 6) is 1.90. The highest BCUT2D eigenvalue weighted by molar-refractivity contribution is 5.67. The van der Waals surface area contributed by atoms with Crippen molar-refractivity contribution < 1.29 is 50.5 Å². The van der Waals surface area contributed by atoms with Crippen molar-refractivity contribution >= 4 is 11.9 Å². The number of alkyl halides is 6. The molecular weight excluding hydrogens is 554 g/mol. The lowest BCUT2D eigenvalue weighted by Crippen LogP contribution is -2.55. The first-order valence-electron chi connectivity index (χ1n) is 13.7. The summed E-state index contributed by atoms with van der Waals surface area (Å²) in [5.41, 5.74) is -2.31. The van der Waals surface area contributed by atoms with Crippen LogP contribution in [0.5, 0.6) is 0 Å². The Labute approximate surface area is 236 Å². The predicted octanol–water partition coefficient (Wildman–Crippen LogP) is 6.91. The molecule has 11 heteroatoms. The molecule has 228 valence electrons. The highest BCUT2D eigenvalue weighted by atomic mass is 19.4. The maximum Gasteiger partial charge on any atom is 0.438 e. The lowest BCUT2D eigenvalue weighted by atomic mass is 9.62. The zero-order valence-corrected chi connectivity index (χ0v) is 23.5. The second-order valence-corrected chi connectivity index (χ2v) is 11.5. The van der Waals surface area contributed by atoms with Gasteiger partial charge < -0.3 is 14.6 Å². The van der Waals surface area contributed by atoms with Gasteiger partial charge in [-0.3, -0.25) is 9.59 Å². The summed E-state index contributed by atoms with van der Waals surface area (Å²) in [7, 11) is 0. The number of esters is 2. The lowest BCUT2D eigenvalue weighted by molar-refractivity contribution is -0.343. The van der Waals surface area contributed by atoms with Crippen molar-refractivity contribution in [3.63, 3.8) is 0 Å². The molecule has 0 aromatic carbocycles. The SMILES string of the molecule is CC(=O)OC1CC(=C/C=C2\CCC[C@]3(C)C(C(C)CC#CC(O)(C(F)(F)F)C(F)(F)F)=CCC23)C[C@@H](OC(C)=O)C1. The molecule has 0 bridgehead atoms. The first-order chi connectivity index (χ1) is 18.9. The van der Waals surface area contributed by atoms with Crippen molar-refractivity contribution in [3.8, 4) is 11.8 Å². The Kier molecular flexibility index (Phi) is 9.78. The van der Waals surface area contributed by atoms with Crippen molar-refractivity contribution in [2.75, 3.05) is 0 Å². The number of aliphatic hydroxyl groups is 1. The van der Waals surface area contributed by atoms with E-state index in [-0.39, 0.29) is 17.8 Å². The Morgan fingerprint density at radius 1 is 1.07 bits per heavy atom. The van der Waals surface area contributed by atoms with Gasteiger partial charge in [0.05, 0.1) is 0 Å². The van der Waals surface area contributed by atoms with Gasteiger partial charge in [0.2, 0.25) is 0 Å². The van der Waals surface area contributed by atoms with Crippen molar-refractivity contribution in [2.24, 2.45) is 17.3 Å². The zero-order chi connectivity index (χ0) is 30.8. The highest BCUT2D eigenvalue weighted by Gasteiger charge is 2.70. The molecule has 3 unspecified atom stereocenters. The molecule has 3 aliphatic carbocycles. The van der Waals surface area contributed by atoms with E-state index in [1.165, 1.54) is 19.4 Å². The number of hydrogen-bond donors (Lipinski definition) is 1. The molecule has 0 aromatic heterocycles. The van der Waals surface area contributed by atoms with Crippen LogP contribution in [0.2, 0.25) is 0 Å². The molecule has 3 aliphatic rings. The number of halogens is 6. The van der Waals surface area contributed by atoms with Crippen LogP contribution in [0.3, 0.4) is 0 Å². The Bertz CT molecular complexity index is 1130. The van der Waals surface area contributed by atoms with E-state index in [1.807, 2.05) is 24.1 Å². The molecule has 2 saturated carbocycles. The molecule has 0 spiro atoms. The minimum absolute atomic E-state index is 0.109. The molecular formula is C30H36F6O5. The molecule has 0 saturated heterocycles. The van der Waals surface area contributed by atoms with Gasteiger partial charge in [0.25, 0.3) is 0 Å². The lowest BCUT2D eigenvalue weighted by Gasteiger charge is -2.42. The molecule has 3 rings (SSSR count). The van der Waals surface area contributed by atoms with E-state index >= 15 is 0 Å². The molecule has 1 N–H and O–H groups in total. The van der Waals surface area contributed by atoms with Gasteiger partial charge in [-0.05, 0) is 48.9 Å². The maximum atomic E-state index is 13.0. The topological polar surface area (TPSA) is 72.8 Å². The second-order valence-electron chi connectivity index (χ2n) is 11.5. The van der Waals surface area contributed by atoms with Crippen molar-refractivity contribution in [3.05, 3.63) is 34.9 Å². The highest BCUT2D eigenvalue weighted by Crippen LogP contribution is 2.57. The van der Waals surface area contributed by atoms with Gasteiger partial charge in [-0.1, -0.05) is 54.7 Å². The smallest absolute Gasteiger partial charge is 0.438 e. The third-order valence-electron chi connectivity index (χ3n) is 8.34. The van der Waals surface area contributed by atoms with Crippen LogP contribution in [-0.2, 0) is 19.1 Å². The van der Waals surface area contributed by atoms with E-state index in [0.29, 0.717) is 25.7 Å².